The van der Waals surface area contributed by atoms with Crippen molar-refractivity contribution in [2.24, 2.45) is 5.84 Å². The number of fused-ring (bicyclic) bond motifs is 1. The summed E-state index contributed by atoms with van der Waals surface area (Å²) in [4.78, 5) is 0. The molecule has 1 aliphatic heterocycles. The van der Waals surface area contributed by atoms with E-state index in [1.807, 2.05) is 0 Å². The van der Waals surface area contributed by atoms with E-state index in [1.165, 1.54) is 12.1 Å². The smallest absolute Gasteiger partial charge is 0.123 e. The van der Waals surface area contributed by atoms with Gasteiger partial charge in [0.25, 0.3) is 0 Å². The van der Waals surface area contributed by atoms with Crippen LogP contribution in [0.4, 0.5) is 4.39 Å². The van der Waals surface area contributed by atoms with E-state index in [4.69, 9.17) is 10.6 Å². The Balaban J connectivity index is 2.16. The van der Waals surface area contributed by atoms with Crippen LogP contribution in [0.15, 0.2) is 18.2 Å². The Bertz CT molecular complexity index is 316. The zero-order valence-corrected chi connectivity index (χ0v) is 7.09. The van der Waals surface area contributed by atoms with Crippen molar-refractivity contribution in [3.63, 3.8) is 0 Å². The molecular weight excluding hydrogens is 171 g/mol. The summed E-state index contributed by atoms with van der Waals surface area (Å²) in [6, 6.07) is 4.56. The molecule has 1 heterocycles. The summed E-state index contributed by atoms with van der Waals surface area (Å²) in [5.74, 6) is 5.72. The molecule has 2 rings (SSSR count). The average molecular weight is 182 g/mol. The van der Waals surface area contributed by atoms with Gasteiger partial charge in [-0.2, -0.15) is 0 Å². The van der Waals surface area contributed by atoms with Crippen LogP contribution in [-0.4, -0.2) is 12.6 Å². The van der Waals surface area contributed by atoms with Gasteiger partial charge in [-0.25, -0.2) is 4.39 Å². The zero-order chi connectivity index (χ0) is 9.26. The van der Waals surface area contributed by atoms with Crippen LogP contribution in [0.2, 0.25) is 0 Å². The molecule has 1 aromatic carbocycles. The third-order valence-corrected chi connectivity index (χ3v) is 2.11. The van der Waals surface area contributed by atoms with Crippen LogP contribution in [-0.2, 0) is 6.42 Å². The largest absolute Gasteiger partial charge is 0.488 e. The van der Waals surface area contributed by atoms with Gasteiger partial charge in [0, 0.05) is 18.5 Å². The lowest BCUT2D eigenvalue weighted by Gasteiger charge is -2.08. The van der Waals surface area contributed by atoms with Crippen molar-refractivity contribution >= 4 is 0 Å². The molecule has 13 heavy (non-hydrogen) atoms. The van der Waals surface area contributed by atoms with Crippen LogP contribution in [0, 0.1) is 5.82 Å². The van der Waals surface area contributed by atoms with Crippen LogP contribution in [0.1, 0.15) is 5.56 Å². The number of hydrogen-bond acceptors (Lipinski definition) is 3. The maximum atomic E-state index is 12.8. The molecule has 3 nitrogen and oxygen atoms in total. The van der Waals surface area contributed by atoms with Gasteiger partial charge in [-0.15, -0.1) is 0 Å². The number of nitrogens with two attached hydrogens (primary N) is 1. The molecule has 3 N–H and O–H groups in total. The predicted octanol–water partition coefficient (Wildman–Crippen LogP) is 0.592. The second kappa shape index (κ2) is 3.32. The summed E-state index contributed by atoms with van der Waals surface area (Å²) < 4.78 is 18.3. The third-order valence-electron chi connectivity index (χ3n) is 2.11. The van der Waals surface area contributed by atoms with Crippen molar-refractivity contribution in [3.8, 4) is 5.75 Å². The molecule has 0 saturated heterocycles. The first-order chi connectivity index (χ1) is 6.29. The van der Waals surface area contributed by atoms with Crippen LogP contribution < -0.4 is 16.0 Å². The second-order valence-corrected chi connectivity index (χ2v) is 3.10. The molecule has 1 aliphatic rings. The van der Waals surface area contributed by atoms with E-state index >= 15 is 0 Å². The number of hydrogen-bond donors (Lipinski definition) is 2. The second-order valence-electron chi connectivity index (χ2n) is 3.10. The summed E-state index contributed by atoms with van der Waals surface area (Å²) in [6.45, 7) is 0.580. The van der Waals surface area contributed by atoms with Crippen molar-refractivity contribution < 1.29 is 9.13 Å². The standard InChI is InChI=1S/C9H11FN2O/c10-7-1-2-9-6(3-7)4-8(13-9)5-12-11/h1-3,8,12H,4-5,11H2. The fraction of sp³-hybridized carbons (Fsp3) is 0.333. The molecule has 4 heteroatoms. The Morgan fingerprint density at radius 3 is 3.23 bits per heavy atom. The molecule has 0 aliphatic carbocycles. The number of benzene rings is 1. The normalized spacial score (nSPS) is 19.7. The number of nitrogens with one attached hydrogen (secondary N) is 1. The molecule has 0 saturated carbocycles. The van der Waals surface area contributed by atoms with E-state index < -0.39 is 0 Å². The topological polar surface area (TPSA) is 47.3 Å². The lowest BCUT2D eigenvalue weighted by molar-refractivity contribution is 0.228. The SMILES string of the molecule is NNCC1Cc2cc(F)ccc2O1. The Kier molecular flexibility index (Phi) is 2.16. The Labute approximate surface area is 75.7 Å². The molecule has 70 valence electrons. The number of ether oxygens (including phenoxy) is 1. The van der Waals surface area contributed by atoms with Gasteiger partial charge in [0.05, 0.1) is 0 Å². The van der Waals surface area contributed by atoms with Gasteiger partial charge in [-0.1, -0.05) is 0 Å². The quantitative estimate of drug-likeness (QED) is 0.520. The number of hydrazine groups is 1. The number of rotatable bonds is 2. The zero-order valence-electron chi connectivity index (χ0n) is 7.09. The minimum atomic E-state index is -0.219. The van der Waals surface area contributed by atoms with Crippen molar-refractivity contribution in [1.29, 1.82) is 0 Å². The molecule has 0 fully saturated rings. The minimum absolute atomic E-state index is 0.0294. The first-order valence-electron chi connectivity index (χ1n) is 4.18. The molecule has 1 unspecified atom stereocenters. The Morgan fingerprint density at radius 1 is 1.62 bits per heavy atom. The van der Waals surface area contributed by atoms with Gasteiger partial charge >= 0.3 is 0 Å². The van der Waals surface area contributed by atoms with E-state index in [9.17, 15) is 4.39 Å². The van der Waals surface area contributed by atoms with Crippen LogP contribution in [0.25, 0.3) is 0 Å². The molecule has 0 spiro atoms. The molecule has 1 aromatic rings. The van der Waals surface area contributed by atoms with Gasteiger partial charge in [-0.3, -0.25) is 11.3 Å². The van der Waals surface area contributed by atoms with Gasteiger partial charge in [0.1, 0.15) is 17.7 Å². The third kappa shape index (κ3) is 1.64. The van der Waals surface area contributed by atoms with Crippen molar-refractivity contribution in [2.45, 2.75) is 12.5 Å². The lowest BCUT2D eigenvalue weighted by Crippen LogP contribution is -2.34. The van der Waals surface area contributed by atoms with Crippen LogP contribution >= 0.6 is 0 Å². The summed E-state index contributed by atoms with van der Waals surface area (Å²) in [7, 11) is 0. The van der Waals surface area contributed by atoms with Crippen molar-refractivity contribution in [3.05, 3.63) is 29.6 Å². The van der Waals surface area contributed by atoms with E-state index in [0.29, 0.717) is 6.54 Å². The molecule has 0 amide bonds. The first kappa shape index (κ1) is 8.47. The van der Waals surface area contributed by atoms with Crippen LogP contribution in [0.5, 0.6) is 5.75 Å². The summed E-state index contributed by atoms with van der Waals surface area (Å²) in [5.41, 5.74) is 3.46. The van der Waals surface area contributed by atoms with Crippen LogP contribution in [0.3, 0.4) is 0 Å². The van der Waals surface area contributed by atoms with E-state index in [-0.39, 0.29) is 11.9 Å². The van der Waals surface area contributed by atoms with Gasteiger partial charge in [0.15, 0.2) is 0 Å². The molecule has 0 radical (unpaired) electrons. The van der Waals surface area contributed by atoms with Crippen molar-refractivity contribution in [2.75, 3.05) is 6.54 Å². The highest BCUT2D eigenvalue weighted by atomic mass is 19.1. The maximum Gasteiger partial charge on any atom is 0.123 e. The van der Waals surface area contributed by atoms with Gasteiger partial charge in [0.2, 0.25) is 0 Å². The van der Waals surface area contributed by atoms with Gasteiger partial charge in [-0.05, 0) is 18.2 Å². The van der Waals surface area contributed by atoms with Crippen molar-refractivity contribution in [1.82, 2.24) is 5.43 Å². The predicted molar refractivity (Wildman–Crippen MR) is 46.7 cm³/mol. The lowest BCUT2D eigenvalue weighted by atomic mass is 10.1. The highest BCUT2D eigenvalue weighted by molar-refractivity contribution is 5.37. The molecule has 0 aromatic heterocycles. The highest BCUT2D eigenvalue weighted by Gasteiger charge is 2.22. The van der Waals surface area contributed by atoms with E-state index in [0.717, 1.165) is 17.7 Å². The fourth-order valence-corrected chi connectivity index (χ4v) is 1.53. The molecule has 1 atom stereocenters. The molecule has 0 bridgehead atoms. The molecular formula is C9H11FN2O. The highest BCUT2D eigenvalue weighted by Crippen LogP contribution is 2.28. The maximum absolute atomic E-state index is 12.8. The summed E-state index contributed by atoms with van der Waals surface area (Å²) in [5, 5.41) is 0. The minimum Gasteiger partial charge on any atom is -0.488 e. The average Bonchev–Trinajstić information content (AvgIpc) is 2.46. The number of halogens is 1. The van der Waals surface area contributed by atoms with E-state index in [1.54, 1.807) is 6.07 Å². The van der Waals surface area contributed by atoms with E-state index in [2.05, 4.69) is 5.43 Å². The Morgan fingerprint density at radius 2 is 2.46 bits per heavy atom. The summed E-state index contributed by atoms with van der Waals surface area (Å²) >= 11 is 0. The monoisotopic (exact) mass is 182 g/mol. The first-order valence-corrected chi connectivity index (χ1v) is 4.18. The van der Waals surface area contributed by atoms with Gasteiger partial charge < -0.3 is 4.74 Å². The summed E-state index contributed by atoms with van der Waals surface area (Å²) in [6.07, 6.45) is 0.749. The Hall–Kier alpha value is -1.13. The fourth-order valence-electron chi connectivity index (χ4n) is 1.53.